The molecular formula is C19H13N7O3S2. The highest BCUT2D eigenvalue weighted by molar-refractivity contribution is 7.93. The van der Waals surface area contributed by atoms with E-state index in [2.05, 4.69) is 28.8 Å². The van der Waals surface area contributed by atoms with Crippen molar-refractivity contribution in [2.75, 3.05) is 4.72 Å². The lowest BCUT2D eigenvalue weighted by Crippen LogP contribution is -2.13. The maximum atomic E-state index is 12.8. The van der Waals surface area contributed by atoms with Gasteiger partial charge in [0.05, 0.1) is 11.7 Å². The fraction of sp³-hybridized carbons (Fsp3) is 0. The Kier molecular flexibility index (Phi) is 4.76. The summed E-state index contributed by atoms with van der Waals surface area (Å²) in [6, 6.07) is 16.5. The quantitative estimate of drug-likeness (QED) is 0.417. The van der Waals surface area contributed by atoms with Gasteiger partial charge in [0.25, 0.3) is 10.0 Å². The number of rotatable bonds is 6. The number of hydrogen-bond donors (Lipinski definition) is 1. The van der Waals surface area contributed by atoms with E-state index in [9.17, 15) is 8.42 Å². The van der Waals surface area contributed by atoms with Gasteiger partial charge in [0, 0.05) is 24.1 Å². The molecule has 0 amide bonds. The zero-order chi connectivity index (χ0) is 21.3. The summed E-state index contributed by atoms with van der Waals surface area (Å²) in [5.74, 6) is 1.34. The lowest BCUT2D eigenvalue weighted by atomic mass is 10.3. The molecule has 0 saturated carbocycles. The van der Waals surface area contributed by atoms with Crippen LogP contribution in [0.25, 0.3) is 16.9 Å². The second-order valence-electron chi connectivity index (χ2n) is 6.30. The lowest BCUT2D eigenvalue weighted by molar-refractivity contribution is 0.454. The van der Waals surface area contributed by atoms with Gasteiger partial charge in [0.15, 0.2) is 5.82 Å². The molecular weight excluding hydrogens is 438 g/mol. The summed E-state index contributed by atoms with van der Waals surface area (Å²) in [4.78, 5) is 0.0756. The summed E-state index contributed by atoms with van der Waals surface area (Å²) in [6.07, 6.45) is 3.41. The first-order valence-corrected chi connectivity index (χ1v) is 11.2. The fourth-order valence-corrected chi connectivity index (χ4v) is 4.64. The molecule has 5 aromatic rings. The molecule has 0 atom stereocenters. The number of hydrogen-bond acceptors (Lipinski definition) is 9. The second-order valence-corrected chi connectivity index (χ2v) is 8.48. The van der Waals surface area contributed by atoms with E-state index in [1.165, 1.54) is 6.07 Å². The topological polar surface area (TPSA) is 125 Å². The van der Waals surface area contributed by atoms with Gasteiger partial charge in [-0.15, -0.1) is 10.2 Å². The molecule has 10 nitrogen and oxygen atoms in total. The van der Waals surface area contributed by atoms with Gasteiger partial charge in [0.1, 0.15) is 21.7 Å². The van der Waals surface area contributed by atoms with Gasteiger partial charge in [-0.25, -0.2) is 13.1 Å². The number of nitrogens with zero attached hydrogens (tertiary/aromatic N) is 6. The van der Waals surface area contributed by atoms with Crippen LogP contribution in [-0.2, 0) is 10.0 Å². The highest BCUT2D eigenvalue weighted by Gasteiger charge is 2.19. The number of anilines is 1. The van der Waals surface area contributed by atoms with Crippen LogP contribution in [0.1, 0.15) is 0 Å². The van der Waals surface area contributed by atoms with Gasteiger partial charge in [-0.3, -0.25) is 4.72 Å². The van der Waals surface area contributed by atoms with Crippen LogP contribution in [0.3, 0.4) is 0 Å². The van der Waals surface area contributed by atoms with E-state index in [0.717, 1.165) is 11.7 Å². The van der Waals surface area contributed by atoms with Crippen molar-refractivity contribution in [3.05, 3.63) is 73.1 Å². The van der Waals surface area contributed by atoms with Crippen molar-refractivity contribution in [1.29, 1.82) is 0 Å². The minimum absolute atomic E-state index is 0.0756. The van der Waals surface area contributed by atoms with Crippen molar-refractivity contribution in [3.8, 4) is 17.4 Å². The van der Waals surface area contributed by atoms with Crippen LogP contribution in [0.15, 0.2) is 78.0 Å². The normalized spacial score (nSPS) is 11.5. The molecule has 0 radical (unpaired) electrons. The maximum absolute atomic E-state index is 12.8. The van der Waals surface area contributed by atoms with Crippen molar-refractivity contribution >= 4 is 38.5 Å². The molecule has 0 aliphatic carbocycles. The van der Waals surface area contributed by atoms with Gasteiger partial charge in [-0.05, 0) is 48.5 Å². The Morgan fingerprint density at radius 3 is 2.55 bits per heavy atom. The van der Waals surface area contributed by atoms with Crippen LogP contribution < -0.4 is 9.46 Å². The minimum Gasteiger partial charge on any atom is -0.438 e. The predicted octanol–water partition coefficient (Wildman–Crippen LogP) is 3.26. The van der Waals surface area contributed by atoms with Crippen LogP contribution in [0, 0.1) is 0 Å². The molecule has 0 spiro atoms. The average Bonchev–Trinajstić information content (AvgIpc) is 3.47. The summed E-state index contributed by atoms with van der Waals surface area (Å²) in [5, 5.41) is 12.2. The number of ether oxygens (including phenoxy) is 1. The molecule has 3 heterocycles. The molecule has 0 fully saturated rings. The highest BCUT2D eigenvalue weighted by Crippen LogP contribution is 2.26. The van der Waals surface area contributed by atoms with Crippen molar-refractivity contribution in [2.24, 2.45) is 0 Å². The van der Waals surface area contributed by atoms with Gasteiger partial charge in [0.2, 0.25) is 5.88 Å². The van der Waals surface area contributed by atoms with Crippen LogP contribution in [0.2, 0.25) is 0 Å². The molecule has 31 heavy (non-hydrogen) atoms. The highest BCUT2D eigenvalue weighted by atomic mass is 32.2. The molecule has 0 unspecified atom stereocenters. The summed E-state index contributed by atoms with van der Waals surface area (Å²) >= 11 is 0.968. The summed E-state index contributed by atoms with van der Waals surface area (Å²) < 4.78 is 43.5. The standard InChI is InChI=1S/C19H13N7O3S2/c27-31(28,16-4-1-3-15-19(16)24-30-23-15)25-13-5-7-14(8-6-13)29-18-10-9-17(21-22-18)26-12-2-11-20-26/h1-12,25H. The Morgan fingerprint density at radius 1 is 0.935 bits per heavy atom. The smallest absolute Gasteiger partial charge is 0.264 e. The maximum Gasteiger partial charge on any atom is 0.264 e. The Hall–Kier alpha value is -3.90. The third-order valence-corrected chi connectivity index (χ3v) is 6.19. The second kappa shape index (κ2) is 7.74. The molecule has 0 aliphatic rings. The Morgan fingerprint density at radius 2 is 1.81 bits per heavy atom. The van der Waals surface area contributed by atoms with E-state index in [1.54, 1.807) is 71.7 Å². The monoisotopic (exact) mass is 451 g/mol. The van der Waals surface area contributed by atoms with Gasteiger partial charge in [-0.1, -0.05) is 6.07 Å². The molecule has 0 saturated heterocycles. The van der Waals surface area contributed by atoms with E-state index in [-0.39, 0.29) is 4.90 Å². The molecule has 5 rings (SSSR count). The van der Waals surface area contributed by atoms with Gasteiger partial charge in [-0.2, -0.15) is 13.8 Å². The Bertz CT molecular complexity index is 1430. The molecule has 2 aromatic carbocycles. The number of sulfonamides is 1. The van der Waals surface area contributed by atoms with Gasteiger partial charge < -0.3 is 4.74 Å². The van der Waals surface area contributed by atoms with Gasteiger partial charge >= 0.3 is 0 Å². The summed E-state index contributed by atoms with van der Waals surface area (Å²) in [5.41, 5.74) is 1.26. The molecule has 0 bridgehead atoms. The first-order chi connectivity index (χ1) is 15.1. The molecule has 0 aliphatic heterocycles. The Labute approximate surface area is 180 Å². The van der Waals surface area contributed by atoms with Crippen LogP contribution in [0.4, 0.5) is 5.69 Å². The predicted molar refractivity (Wildman–Crippen MR) is 114 cm³/mol. The average molecular weight is 451 g/mol. The summed E-state index contributed by atoms with van der Waals surface area (Å²) in [6.45, 7) is 0. The first-order valence-electron chi connectivity index (χ1n) is 8.94. The lowest BCUT2D eigenvalue weighted by Gasteiger charge is -2.09. The third kappa shape index (κ3) is 3.93. The van der Waals surface area contributed by atoms with Crippen molar-refractivity contribution in [1.82, 2.24) is 28.7 Å². The van der Waals surface area contributed by atoms with E-state index in [1.807, 2.05) is 0 Å². The largest absolute Gasteiger partial charge is 0.438 e. The molecule has 1 N–H and O–H groups in total. The van der Waals surface area contributed by atoms with Crippen molar-refractivity contribution in [2.45, 2.75) is 4.90 Å². The van der Waals surface area contributed by atoms with Crippen molar-refractivity contribution < 1.29 is 13.2 Å². The molecule has 12 heteroatoms. The molecule has 3 aromatic heterocycles. The van der Waals surface area contributed by atoms with E-state index in [0.29, 0.717) is 34.2 Å². The summed E-state index contributed by atoms with van der Waals surface area (Å²) in [7, 11) is -3.83. The van der Waals surface area contributed by atoms with E-state index < -0.39 is 10.0 Å². The third-order valence-electron chi connectivity index (χ3n) is 4.23. The number of benzene rings is 2. The number of aromatic nitrogens is 6. The Balaban J connectivity index is 1.30. The number of nitrogens with one attached hydrogen (secondary N) is 1. The van der Waals surface area contributed by atoms with E-state index >= 15 is 0 Å². The van der Waals surface area contributed by atoms with E-state index in [4.69, 9.17) is 4.74 Å². The van der Waals surface area contributed by atoms with Crippen LogP contribution in [0.5, 0.6) is 11.6 Å². The van der Waals surface area contributed by atoms with Crippen molar-refractivity contribution in [3.63, 3.8) is 0 Å². The zero-order valence-corrected chi connectivity index (χ0v) is 17.3. The fourth-order valence-electron chi connectivity index (χ4n) is 2.81. The minimum atomic E-state index is -3.83. The molecule has 154 valence electrons. The number of fused-ring (bicyclic) bond motifs is 1. The van der Waals surface area contributed by atoms with Crippen LogP contribution >= 0.6 is 11.7 Å². The zero-order valence-electron chi connectivity index (χ0n) is 15.7. The SMILES string of the molecule is O=S(=O)(Nc1ccc(Oc2ccc(-n3cccn3)nn2)cc1)c1cccc2nsnc12. The van der Waals surface area contributed by atoms with Crippen LogP contribution in [-0.4, -0.2) is 37.1 Å². The first kappa shape index (κ1) is 19.1.